The molecule has 0 aliphatic rings. The van der Waals surface area contributed by atoms with Gasteiger partial charge in [-0.3, -0.25) is 4.79 Å². The molecule has 0 heterocycles. The average molecular weight is 286 g/mol. The third-order valence-electron chi connectivity index (χ3n) is 4.40. The van der Waals surface area contributed by atoms with E-state index in [1.807, 2.05) is 20.8 Å². The predicted octanol–water partition coefficient (Wildman–Crippen LogP) is 3.97. The lowest BCUT2D eigenvalue weighted by molar-refractivity contribution is -0.132. The molecule has 0 amide bonds. The monoisotopic (exact) mass is 286 g/mol. The van der Waals surface area contributed by atoms with Gasteiger partial charge < -0.3 is 9.22 Å². The average Bonchev–Trinajstić information content (AvgIpc) is 2.25. The lowest BCUT2D eigenvalue weighted by Crippen LogP contribution is -2.50. The summed E-state index contributed by atoms with van der Waals surface area (Å²) in [5.41, 5.74) is -0.606. The molecule has 0 aromatic carbocycles. The van der Waals surface area contributed by atoms with Crippen LogP contribution in [0.5, 0.6) is 0 Å². The first-order chi connectivity index (χ1) is 8.40. The molecule has 1 atom stereocenters. The summed E-state index contributed by atoms with van der Waals surface area (Å²) >= 11 is 0. The van der Waals surface area contributed by atoms with Crippen LogP contribution in [0.3, 0.4) is 0 Å². The number of ketones is 1. The van der Waals surface area contributed by atoms with Crippen molar-refractivity contribution in [3.8, 4) is 0 Å². The van der Waals surface area contributed by atoms with Crippen molar-refractivity contribution in [2.24, 2.45) is 5.41 Å². The molecule has 19 heavy (non-hydrogen) atoms. The van der Waals surface area contributed by atoms with Gasteiger partial charge in [-0.2, -0.15) is 0 Å². The molecular weight excluding hydrogens is 256 g/mol. The van der Waals surface area contributed by atoms with E-state index in [0.717, 1.165) is 6.29 Å². The highest BCUT2D eigenvalue weighted by atomic mass is 28.4. The van der Waals surface area contributed by atoms with Crippen LogP contribution in [-0.4, -0.2) is 26.5 Å². The summed E-state index contributed by atoms with van der Waals surface area (Å²) in [5.74, 6) is 0.151. The molecule has 0 saturated heterocycles. The number of aldehydes is 1. The van der Waals surface area contributed by atoms with Gasteiger partial charge in [0.2, 0.25) is 0 Å². The molecule has 0 aliphatic heterocycles. The van der Waals surface area contributed by atoms with Crippen LogP contribution in [0, 0.1) is 5.41 Å². The number of carbonyl (C=O) groups excluding carboxylic acids is 2. The topological polar surface area (TPSA) is 43.4 Å². The van der Waals surface area contributed by atoms with Crippen LogP contribution >= 0.6 is 0 Å². The summed E-state index contributed by atoms with van der Waals surface area (Å²) in [4.78, 5) is 23.0. The van der Waals surface area contributed by atoms with Crippen molar-refractivity contribution in [3.63, 3.8) is 0 Å². The highest BCUT2D eigenvalue weighted by Crippen LogP contribution is 2.40. The minimum atomic E-state index is -1.98. The molecule has 0 radical (unpaired) electrons. The van der Waals surface area contributed by atoms with Crippen molar-refractivity contribution in [2.75, 3.05) is 0 Å². The van der Waals surface area contributed by atoms with Crippen molar-refractivity contribution in [1.82, 2.24) is 0 Å². The Morgan fingerprint density at radius 1 is 1.21 bits per heavy atom. The van der Waals surface area contributed by atoms with Gasteiger partial charge in [-0.15, -0.1) is 0 Å². The summed E-state index contributed by atoms with van der Waals surface area (Å²) in [6, 6.07) is 0. The largest absolute Gasteiger partial charge is 0.413 e. The number of rotatable bonds is 7. The van der Waals surface area contributed by atoms with Crippen LogP contribution < -0.4 is 0 Å². The number of carbonyl (C=O) groups is 2. The molecule has 0 N–H and O–H groups in total. The summed E-state index contributed by atoms with van der Waals surface area (Å²) in [6.07, 6.45) is 1.30. The molecule has 0 bridgehead atoms. The molecule has 0 saturated carbocycles. The van der Waals surface area contributed by atoms with Crippen LogP contribution in [0.15, 0.2) is 0 Å². The van der Waals surface area contributed by atoms with E-state index in [1.165, 1.54) is 0 Å². The van der Waals surface area contributed by atoms with Crippen molar-refractivity contribution >= 4 is 20.4 Å². The zero-order valence-corrected chi connectivity index (χ0v) is 14.8. The Hall–Kier alpha value is -0.483. The van der Waals surface area contributed by atoms with E-state index in [1.54, 1.807) is 0 Å². The summed E-state index contributed by atoms with van der Waals surface area (Å²) in [7, 11) is -1.98. The number of hydrogen-bond acceptors (Lipinski definition) is 3. The molecular formula is C15H30O3Si. The van der Waals surface area contributed by atoms with Crippen LogP contribution in [0.1, 0.15) is 54.4 Å². The van der Waals surface area contributed by atoms with Crippen LogP contribution in [0.2, 0.25) is 18.1 Å². The van der Waals surface area contributed by atoms with Gasteiger partial charge in [0.15, 0.2) is 8.32 Å². The van der Waals surface area contributed by atoms with E-state index >= 15 is 0 Å². The molecule has 1 unspecified atom stereocenters. The minimum absolute atomic E-state index is 0.0689. The molecule has 0 aromatic heterocycles. The normalized spacial score (nSPS) is 15.2. The first-order valence-electron chi connectivity index (χ1n) is 7.05. The van der Waals surface area contributed by atoms with E-state index in [9.17, 15) is 9.59 Å². The van der Waals surface area contributed by atoms with Gasteiger partial charge in [-0.05, 0) is 18.1 Å². The van der Waals surface area contributed by atoms with E-state index in [2.05, 4.69) is 33.9 Å². The Labute approximate surface area is 119 Å². The quantitative estimate of drug-likeness (QED) is 0.525. The van der Waals surface area contributed by atoms with Gasteiger partial charge >= 0.3 is 0 Å². The molecule has 0 aliphatic carbocycles. The van der Waals surface area contributed by atoms with Crippen LogP contribution in [-0.2, 0) is 14.0 Å². The molecule has 3 nitrogen and oxygen atoms in total. The van der Waals surface area contributed by atoms with Crippen molar-refractivity contribution in [3.05, 3.63) is 0 Å². The van der Waals surface area contributed by atoms with Crippen molar-refractivity contribution in [2.45, 2.75) is 78.6 Å². The molecule has 0 fully saturated rings. The highest BCUT2D eigenvalue weighted by molar-refractivity contribution is 6.74. The zero-order chi connectivity index (χ0) is 15.5. The Morgan fingerprint density at radius 3 is 2.00 bits per heavy atom. The molecule has 112 valence electrons. The molecule has 0 aromatic rings. The maximum atomic E-state index is 12.1. The summed E-state index contributed by atoms with van der Waals surface area (Å²) in [6.45, 7) is 16.4. The molecule has 0 spiro atoms. The zero-order valence-electron chi connectivity index (χ0n) is 13.8. The second-order valence-electron chi connectivity index (χ2n) is 7.27. The van der Waals surface area contributed by atoms with Crippen molar-refractivity contribution in [1.29, 1.82) is 0 Å². The van der Waals surface area contributed by atoms with Crippen LogP contribution in [0.25, 0.3) is 0 Å². The first-order valence-corrected chi connectivity index (χ1v) is 9.95. The smallest absolute Gasteiger partial charge is 0.192 e. The van der Waals surface area contributed by atoms with E-state index in [0.29, 0.717) is 6.42 Å². The van der Waals surface area contributed by atoms with E-state index < -0.39 is 13.7 Å². The first kappa shape index (κ1) is 18.5. The maximum Gasteiger partial charge on any atom is 0.192 e. The Balaban J connectivity index is 5.25. The third kappa shape index (κ3) is 4.53. The van der Waals surface area contributed by atoms with Crippen molar-refractivity contribution < 1.29 is 14.0 Å². The van der Waals surface area contributed by atoms with Gasteiger partial charge in [0, 0.05) is 18.3 Å². The predicted molar refractivity (Wildman–Crippen MR) is 81.8 cm³/mol. The fourth-order valence-corrected chi connectivity index (χ4v) is 3.20. The van der Waals surface area contributed by atoms with Gasteiger partial charge in [-0.1, -0.05) is 41.5 Å². The molecule has 0 rings (SSSR count). The fraction of sp³-hybridized carbons (Fsp3) is 0.867. The third-order valence-corrected chi connectivity index (χ3v) is 8.88. The highest BCUT2D eigenvalue weighted by Gasteiger charge is 2.44. The summed E-state index contributed by atoms with van der Waals surface area (Å²) in [5, 5.41) is 0.0689. The Morgan fingerprint density at radius 2 is 1.68 bits per heavy atom. The van der Waals surface area contributed by atoms with E-state index in [4.69, 9.17) is 4.43 Å². The SMILES string of the molecule is CCC(=O)C(C)(C)C(CC=O)O[Si](C)(C)C(C)(C)C. The van der Waals surface area contributed by atoms with Gasteiger partial charge in [-0.25, -0.2) is 0 Å². The van der Waals surface area contributed by atoms with Gasteiger partial charge in [0.1, 0.15) is 12.1 Å². The van der Waals surface area contributed by atoms with E-state index in [-0.39, 0.29) is 23.3 Å². The number of hydrogen-bond donors (Lipinski definition) is 0. The lowest BCUT2D eigenvalue weighted by Gasteiger charge is -2.43. The minimum Gasteiger partial charge on any atom is -0.413 e. The summed E-state index contributed by atoms with van der Waals surface area (Å²) < 4.78 is 6.32. The second kappa shape index (κ2) is 6.31. The van der Waals surface area contributed by atoms with Gasteiger partial charge in [0.25, 0.3) is 0 Å². The fourth-order valence-electron chi connectivity index (χ4n) is 1.75. The lowest BCUT2D eigenvalue weighted by atomic mass is 9.80. The molecule has 4 heteroatoms. The van der Waals surface area contributed by atoms with Crippen LogP contribution in [0.4, 0.5) is 0 Å². The maximum absolute atomic E-state index is 12.1. The number of Topliss-reactive ketones (excluding diaryl/α,β-unsaturated/α-hetero) is 1. The standard InChI is InChI=1S/C15H30O3Si/c1-9-12(17)15(5,6)13(10-11-16)18-19(7,8)14(2,3)4/h11,13H,9-10H2,1-8H3. The Bertz CT molecular complexity index is 327. The second-order valence-corrected chi connectivity index (χ2v) is 12.0. The Kier molecular flexibility index (Phi) is 6.15. The van der Waals surface area contributed by atoms with Gasteiger partial charge in [0.05, 0.1) is 6.10 Å².